The summed E-state index contributed by atoms with van der Waals surface area (Å²) in [5.41, 5.74) is 1.34. The number of fused-ring (bicyclic) bond motifs is 1. The fourth-order valence-corrected chi connectivity index (χ4v) is 2.64. The lowest BCUT2D eigenvalue weighted by atomic mass is 10.2. The zero-order valence-corrected chi connectivity index (χ0v) is 12.4. The number of nitrogens with zero attached hydrogens (tertiary/aromatic N) is 2. The van der Waals surface area contributed by atoms with Crippen molar-refractivity contribution >= 4 is 38.6 Å². The Morgan fingerprint density at radius 2 is 1.95 bits per heavy atom. The molecule has 6 heteroatoms. The van der Waals surface area contributed by atoms with Crippen molar-refractivity contribution in [2.45, 2.75) is 5.88 Å². The minimum Gasteiger partial charge on any atom is -0.292 e. The molecule has 0 aliphatic heterocycles. The first-order chi connectivity index (χ1) is 9.60. The molecule has 0 N–H and O–H groups in total. The van der Waals surface area contributed by atoms with Gasteiger partial charge in [-0.3, -0.25) is 4.57 Å². The minimum absolute atomic E-state index is 0.0995. The van der Waals surface area contributed by atoms with Gasteiger partial charge in [0.05, 0.1) is 22.6 Å². The van der Waals surface area contributed by atoms with Crippen LogP contribution in [0.2, 0.25) is 0 Å². The number of halogens is 4. The molecular formula is C14H8BrClF2N2. The summed E-state index contributed by atoms with van der Waals surface area (Å²) in [5.74, 6) is -0.273. The molecule has 0 aliphatic rings. The van der Waals surface area contributed by atoms with Gasteiger partial charge in [-0.1, -0.05) is 15.9 Å². The van der Waals surface area contributed by atoms with Gasteiger partial charge in [-0.15, -0.1) is 11.6 Å². The molecule has 0 saturated heterocycles. The van der Waals surface area contributed by atoms with Crippen molar-refractivity contribution in [1.29, 1.82) is 0 Å². The molecule has 0 spiro atoms. The number of hydrogen-bond acceptors (Lipinski definition) is 1. The van der Waals surface area contributed by atoms with Gasteiger partial charge < -0.3 is 0 Å². The second-order valence-corrected chi connectivity index (χ2v) is 5.41. The molecule has 0 fully saturated rings. The lowest BCUT2D eigenvalue weighted by Crippen LogP contribution is -2.02. The van der Waals surface area contributed by atoms with Crippen LogP contribution >= 0.6 is 27.5 Å². The first-order valence-electron chi connectivity index (χ1n) is 5.78. The average Bonchev–Trinajstić information content (AvgIpc) is 2.79. The number of hydrogen-bond donors (Lipinski definition) is 0. The molecule has 0 amide bonds. The molecule has 1 aromatic heterocycles. The van der Waals surface area contributed by atoms with E-state index in [4.69, 9.17) is 11.6 Å². The van der Waals surface area contributed by atoms with Crippen molar-refractivity contribution in [3.05, 3.63) is 58.3 Å². The molecule has 0 saturated carbocycles. The fourth-order valence-electron chi connectivity index (χ4n) is 2.11. The highest BCUT2D eigenvalue weighted by Crippen LogP contribution is 2.27. The fraction of sp³-hybridized carbons (Fsp3) is 0.0714. The highest BCUT2D eigenvalue weighted by Gasteiger charge is 2.15. The van der Waals surface area contributed by atoms with E-state index in [1.165, 1.54) is 22.8 Å². The SMILES string of the molecule is Fc1ccc2nc(CCl)n(-c3cc(Br)ccc3F)c2c1. The van der Waals surface area contributed by atoms with Gasteiger partial charge in [-0.25, -0.2) is 13.8 Å². The predicted molar refractivity (Wildman–Crippen MR) is 78.2 cm³/mol. The Labute approximate surface area is 127 Å². The zero-order valence-electron chi connectivity index (χ0n) is 10.1. The van der Waals surface area contributed by atoms with Crippen LogP contribution in [0.5, 0.6) is 0 Å². The first-order valence-corrected chi connectivity index (χ1v) is 7.11. The molecule has 102 valence electrons. The average molecular weight is 358 g/mol. The van der Waals surface area contributed by atoms with E-state index in [1.807, 2.05) is 0 Å². The van der Waals surface area contributed by atoms with E-state index in [-0.39, 0.29) is 11.6 Å². The van der Waals surface area contributed by atoms with Gasteiger partial charge in [0.25, 0.3) is 0 Å². The summed E-state index contributed by atoms with van der Waals surface area (Å²) in [4.78, 5) is 4.30. The van der Waals surface area contributed by atoms with Gasteiger partial charge in [0.1, 0.15) is 17.5 Å². The quantitative estimate of drug-likeness (QED) is 0.602. The Hall–Kier alpha value is -1.46. The van der Waals surface area contributed by atoms with Crippen molar-refractivity contribution in [3.63, 3.8) is 0 Å². The molecule has 0 atom stereocenters. The molecule has 3 rings (SSSR count). The van der Waals surface area contributed by atoms with Crippen LogP contribution in [0.25, 0.3) is 16.7 Å². The smallest absolute Gasteiger partial charge is 0.147 e. The Balaban J connectivity index is 2.39. The van der Waals surface area contributed by atoms with Crippen molar-refractivity contribution in [2.75, 3.05) is 0 Å². The maximum atomic E-state index is 14.1. The van der Waals surface area contributed by atoms with Crippen molar-refractivity contribution in [3.8, 4) is 5.69 Å². The number of aromatic nitrogens is 2. The van der Waals surface area contributed by atoms with Gasteiger partial charge >= 0.3 is 0 Å². The molecule has 2 aromatic carbocycles. The first kappa shape index (κ1) is 13.5. The highest BCUT2D eigenvalue weighted by atomic mass is 79.9. The van der Waals surface area contributed by atoms with Crippen LogP contribution in [0, 0.1) is 11.6 Å². The Morgan fingerprint density at radius 3 is 2.70 bits per heavy atom. The summed E-state index contributed by atoms with van der Waals surface area (Å²) in [6.07, 6.45) is 0. The summed E-state index contributed by atoms with van der Waals surface area (Å²) in [5, 5.41) is 0. The van der Waals surface area contributed by atoms with E-state index in [9.17, 15) is 8.78 Å². The van der Waals surface area contributed by atoms with Gasteiger partial charge in [-0.05, 0) is 30.3 Å². The summed E-state index contributed by atoms with van der Waals surface area (Å²) in [6.45, 7) is 0. The molecule has 0 radical (unpaired) electrons. The Morgan fingerprint density at radius 1 is 1.15 bits per heavy atom. The van der Waals surface area contributed by atoms with Crippen LogP contribution in [0.1, 0.15) is 5.82 Å². The van der Waals surface area contributed by atoms with Crippen molar-refractivity contribution in [1.82, 2.24) is 9.55 Å². The van der Waals surface area contributed by atoms with Crippen molar-refractivity contribution in [2.24, 2.45) is 0 Å². The topological polar surface area (TPSA) is 17.8 Å². The van der Waals surface area contributed by atoms with Crippen LogP contribution < -0.4 is 0 Å². The molecule has 0 unspecified atom stereocenters. The van der Waals surface area contributed by atoms with Gasteiger partial charge in [0.15, 0.2) is 0 Å². The van der Waals surface area contributed by atoms with Gasteiger partial charge in [0, 0.05) is 10.5 Å². The number of benzene rings is 2. The van der Waals surface area contributed by atoms with Crippen molar-refractivity contribution < 1.29 is 8.78 Å². The van der Waals surface area contributed by atoms with Gasteiger partial charge in [-0.2, -0.15) is 0 Å². The summed E-state index contributed by atoms with van der Waals surface area (Å²) < 4.78 is 29.8. The van der Waals surface area contributed by atoms with Crippen LogP contribution in [0.3, 0.4) is 0 Å². The van der Waals surface area contributed by atoms with Crippen LogP contribution in [0.4, 0.5) is 8.78 Å². The molecule has 0 bridgehead atoms. The van der Waals surface area contributed by atoms with E-state index in [1.54, 1.807) is 18.2 Å². The molecule has 1 heterocycles. The monoisotopic (exact) mass is 356 g/mol. The van der Waals surface area contributed by atoms with E-state index in [0.717, 1.165) is 0 Å². The van der Waals surface area contributed by atoms with E-state index in [0.29, 0.717) is 21.3 Å². The minimum atomic E-state index is -0.428. The van der Waals surface area contributed by atoms with E-state index < -0.39 is 11.6 Å². The zero-order chi connectivity index (χ0) is 14.3. The van der Waals surface area contributed by atoms with Crippen LogP contribution in [0.15, 0.2) is 40.9 Å². The van der Waals surface area contributed by atoms with Crippen LogP contribution in [-0.2, 0) is 5.88 Å². The third-order valence-electron chi connectivity index (χ3n) is 2.95. The molecule has 3 aromatic rings. The third-order valence-corrected chi connectivity index (χ3v) is 3.69. The largest absolute Gasteiger partial charge is 0.292 e. The maximum Gasteiger partial charge on any atom is 0.147 e. The number of imidazole rings is 1. The van der Waals surface area contributed by atoms with Gasteiger partial charge in [0.2, 0.25) is 0 Å². The Bertz CT molecular complexity index is 801. The predicted octanol–water partition coefficient (Wildman–Crippen LogP) is 4.81. The van der Waals surface area contributed by atoms with Crippen LogP contribution in [-0.4, -0.2) is 9.55 Å². The van der Waals surface area contributed by atoms with E-state index >= 15 is 0 Å². The lowest BCUT2D eigenvalue weighted by Gasteiger charge is -2.09. The molecule has 0 aliphatic carbocycles. The third kappa shape index (κ3) is 2.21. The second-order valence-electron chi connectivity index (χ2n) is 4.23. The normalized spacial score (nSPS) is 11.2. The standard InChI is InChI=1S/C14H8BrClF2N2/c15-8-1-3-10(18)12(5-8)20-13-6-9(17)2-4-11(13)19-14(20)7-16/h1-6H,7H2. The lowest BCUT2D eigenvalue weighted by molar-refractivity contribution is 0.616. The second kappa shape index (κ2) is 5.14. The highest BCUT2D eigenvalue weighted by molar-refractivity contribution is 9.10. The molecular weight excluding hydrogens is 350 g/mol. The maximum absolute atomic E-state index is 14.1. The number of alkyl halides is 1. The summed E-state index contributed by atoms with van der Waals surface area (Å²) >= 11 is 9.17. The van der Waals surface area contributed by atoms with E-state index in [2.05, 4.69) is 20.9 Å². The number of rotatable bonds is 2. The molecule has 20 heavy (non-hydrogen) atoms. The molecule has 2 nitrogen and oxygen atoms in total. The Kier molecular flexibility index (Phi) is 3.48. The summed E-state index contributed by atoms with van der Waals surface area (Å²) in [7, 11) is 0. The summed E-state index contributed by atoms with van der Waals surface area (Å²) in [6, 6.07) is 8.72.